The number of imidazole rings is 1. The highest BCUT2D eigenvalue weighted by Gasteiger charge is 2.28. The van der Waals surface area contributed by atoms with E-state index in [0.29, 0.717) is 5.82 Å². The molecule has 0 fully saturated rings. The Morgan fingerprint density at radius 3 is 2.63 bits per heavy atom. The van der Waals surface area contributed by atoms with Crippen LogP contribution in [0.15, 0.2) is 24.3 Å². The van der Waals surface area contributed by atoms with Crippen molar-refractivity contribution in [3.05, 3.63) is 30.1 Å². The third-order valence-corrected chi connectivity index (χ3v) is 2.92. The lowest BCUT2D eigenvalue weighted by Crippen LogP contribution is -2.13. The molecule has 0 spiro atoms. The van der Waals surface area contributed by atoms with Crippen molar-refractivity contribution in [2.24, 2.45) is 7.05 Å². The van der Waals surface area contributed by atoms with E-state index >= 15 is 0 Å². The third kappa shape index (κ3) is 3.33. The second-order valence-electron chi connectivity index (χ2n) is 4.41. The normalized spacial score (nSPS) is 12.0. The standard InChI is InChI=1S/C13H13F3N2O/c1-18-11-5-3-2-4-10(11)17-12(18)8-9(19)6-7-13(14,15)16/h2-5H,6-8H2,1H3. The summed E-state index contributed by atoms with van der Waals surface area (Å²) in [6.45, 7) is 0. The van der Waals surface area contributed by atoms with Gasteiger partial charge < -0.3 is 4.57 Å². The molecular formula is C13H13F3N2O. The van der Waals surface area contributed by atoms with Gasteiger partial charge in [-0.1, -0.05) is 12.1 Å². The van der Waals surface area contributed by atoms with E-state index in [1.54, 1.807) is 17.7 Å². The number of aryl methyl sites for hydroxylation is 1. The molecule has 3 nitrogen and oxygen atoms in total. The van der Waals surface area contributed by atoms with E-state index in [4.69, 9.17) is 0 Å². The van der Waals surface area contributed by atoms with Crippen molar-refractivity contribution in [3.8, 4) is 0 Å². The van der Waals surface area contributed by atoms with Crippen LogP contribution in [0.5, 0.6) is 0 Å². The zero-order chi connectivity index (χ0) is 14.0. The van der Waals surface area contributed by atoms with Gasteiger partial charge in [0.25, 0.3) is 0 Å². The molecule has 6 heteroatoms. The van der Waals surface area contributed by atoms with Gasteiger partial charge in [0.15, 0.2) is 0 Å². The molecular weight excluding hydrogens is 257 g/mol. The molecule has 0 radical (unpaired) electrons. The Morgan fingerprint density at radius 2 is 2.00 bits per heavy atom. The number of para-hydroxylation sites is 2. The first kappa shape index (κ1) is 13.6. The number of rotatable bonds is 4. The fraction of sp³-hybridized carbons (Fsp3) is 0.385. The van der Waals surface area contributed by atoms with Crippen molar-refractivity contribution >= 4 is 16.8 Å². The van der Waals surface area contributed by atoms with Crippen molar-refractivity contribution < 1.29 is 18.0 Å². The SMILES string of the molecule is Cn1c(CC(=O)CCC(F)(F)F)nc2ccccc21. The third-order valence-electron chi connectivity index (χ3n) is 2.92. The number of alkyl halides is 3. The molecule has 102 valence electrons. The van der Waals surface area contributed by atoms with E-state index in [1.165, 1.54) is 0 Å². The van der Waals surface area contributed by atoms with E-state index in [-0.39, 0.29) is 6.42 Å². The van der Waals surface area contributed by atoms with Gasteiger partial charge in [-0.2, -0.15) is 13.2 Å². The van der Waals surface area contributed by atoms with Crippen molar-refractivity contribution in [3.63, 3.8) is 0 Å². The average molecular weight is 270 g/mol. The monoisotopic (exact) mass is 270 g/mol. The van der Waals surface area contributed by atoms with E-state index in [2.05, 4.69) is 4.98 Å². The lowest BCUT2D eigenvalue weighted by molar-refractivity contribution is -0.143. The highest BCUT2D eigenvalue weighted by Crippen LogP contribution is 2.22. The molecule has 0 saturated carbocycles. The summed E-state index contributed by atoms with van der Waals surface area (Å²) in [6.07, 6.45) is -5.92. The zero-order valence-electron chi connectivity index (χ0n) is 10.4. The van der Waals surface area contributed by atoms with E-state index in [1.807, 2.05) is 18.2 Å². The Labute approximate surface area is 108 Å². The number of aromatic nitrogens is 2. The fourth-order valence-electron chi connectivity index (χ4n) is 1.90. The van der Waals surface area contributed by atoms with E-state index < -0.39 is 24.8 Å². The second kappa shape index (κ2) is 5.03. The van der Waals surface area contributed by atoms with Gasteiger partial charge in [0.05, 0.1) is 23.9 Å². The number of carbonyl (C=O) groups is 1. The van der Waals surface area contributed by atoms with Gasteiger partial charge in [-0.25, -0.2) is 4.98 Å². The summed E-state index contributed by atoms with van der Waals surface area (Å²) < 4.78 is 37.8. The summed E-state index contributed by atoms with van der Waals surface area (Å²) in [5.41, 5.74) is 1.60. The molecule has 0 aliphatic carbocycles. The maximum absolute atomic E-state index is 12.0. The number of ketones is 1. The largest absolute Gasteiger partial charge is 0.389 e. The Kier molecular flexibility index (Phi) is 3.59. The molecule has 1 heterocycles. The predicted octanol–water partition coefficient (Wildman–Crippen LogP) is 3.03. The molecule has 0 aliphatic rings. The van der Waals surface area contributed by atoms with Crippen LogP contribution in [0, 0.1) is 0 Å². The van der Waals surface area contributed by atoms with Crippen LogP contribution in [0.1, 0.15) is 18.7 Å². The Hall–Kier alpha value is -1.85. The van der Waals surface area contributed by atoms with Crippen LogP contribution in [0.4, 0.5) is 13.2 Å². The lowest BCUT2D eigenvalue weighted by atomic mass is 10.1. The minimum atomic E-state index is -4.29. The van der Waals surface area contributed by atoms with Crippen LogP contribution in [-0.4, -0.2) is 21.5 Å². The minimum Gasteiger partial charge on any atom is -0.331 e. The summed E-state index contributed by atoms with van der Waals surface area (Å²) in [5, 5.41) is 0. The number of nitrogens with zero attached hydrogens (tertiary/aromatic N) is 2. The van der Waals surface area contributed by atoms with Crippen LogP contribution in [-0.2, 0) is 18.3 Å². The van der Waals surface area contributed by atoms with Gasteiger partial charge in [-0.3, -0.25) is 4.79 Å². The van der Waals surface area contributed by atoms with Crippen LogP contribution >= 0.6 is 0 Å². The first-order valence-corrected chi connectivity index (χ1v) is 5.85. The van der Waals surface area contributed by atoms with Crippen molar-refractivity contribution in [2.45, 2.75) is 25.4 Å². The molecule has 0 bridgehead atoms. The lowest BCUT2D eigenvalue weighted by Gasteiger charge is -2.05. The molecule has 0 unspecified atom stereocenters. The molecule has 1 aromatic heterocycles. The number of fused-ring (bicyclic) bond motifs is 1. The Balaban J connectivity index is 2.09. The molecule has 0 atom stereocenters. The number of benzene rings is 1. The van der Waals surface area contributed by atoms with Gasteiger partial charge in [-0.05, 0) is 12.1 Å². The van der Waals surface area contributed by atoms with Gasteiger partial charge in [-0.15, -0.1) is 0 Å². The maximum atomic E-state index is 12.0. The van der Waals surface area contributed by atoms with Gasteiger partial charge in [0.1, 0.15) is 11.6 Å². The zero-order valence-corrected chi connectivity index (χ0v) is 10.4. The Bertz CT molecular complexity index is 601. The number of hydrogen-bond acceptors (Lipinski definition) is 2. The molecule has 0 amide bonds. The van der Waals surface area contributed by atoms with Crippen LogP contribution in [0.2, 0.25) is 0 Å². The number of halogens is 3. The van der Waals surface area contributed by atoms with Crippen molar-refractivity contribution in [1.82, 2.24) is 9.55 Å². The average Bonchev–Trinajstić information content (AvgIpc) is 2.64. The molecule has 1 aromatic carbocycles. The van der Waals surface area contributed by atoms with Gasteiger partial charge >= 0.3 is 6.18 Å². The fourth-order valence-corrected chi connectivity index (χ4v) is 1.90. The highest BCUT2D eigenvalue weighted by atomic mass is 19.4. The maximum Gasteiger partial charge on any atom is 0.389 e. The Morgan fingerprint density at radius 1 is 1.32 bits per heavy atom. The summed E-state index contributed by atoms with van der Waals surface area (Å²) in [5.74, 6) is 0.0455. The molecule has 2 aromatic rings. The summed E-state index contributed by atoms with van der Waals surface area (Å²) in [7, 11) is 1.75. The van der Waals surface area contributed by atoms with E-state index in [9.17, 15) is 18.0 Å². The molecule has 0 saturated heterocycles. The molecule has 19 heavy (non-hydrogen) atoms. The van der Waals surface area contributed by atoms with Crippen molar-refractivity contribution in [1.29, 1.82) is 0 Å². The number of Topliss-reactive ketones (excluding diaryl/α,β-unsaturated/α-hetero) is 1. The second-order valence-corrected chi connectivity index (χ2v) is 4.41. The summed E-state index contributed by atoms with van der Waals surface area (Å²) in [6, 6.07) is 7.33. The quantitative estimate of drug-likeness (QED) is 0.856. The van der Waals surface area contributed by atoms with E-state index in [0.717, 1.165) is 11.0 Å². The molecule has 0 aliphatic heterocycles. The first-order valence-electron chi connectivity index (χ1n) is 5.85. The smallest absolute Gasteiger partial charge is 0.331 e. The van der Waals surface area contributed by atoms with Gasteiger partial charge in [0, 0.05) is 13.5 Å². The first-order chi connectivity index (χ1) is 8.87. The number of hydrogen-bond donors (Lipinski definition) is 0. The van der Waals surface area contributed by atoms with Crippen LogP contribution in [0.3, 0.4) is 0 Å². The summed E-state index contributed by atoms with van der Waals surface area (Å²) in [4.78, 5) is 15.8. The van der Waals surface area contributed by atoms with Gasteiger partial charge in [0.2, 0.25) is 0 Å². The highest BCUT2D eigenvalue weighted by molar-refractivity contribution is 5.82. The van der Waals surface area contributed by atoms with Crippen molar-refractivity contribution in [2.75, 3.05) is 0 Å². The topological polar surface area (TPSA) is 34.9 Å². The predicted molar refractivity (Wildman–Crippen MR) is 64.7 cm³/mol. The molecule has 0 N–H and O–H groups in total. The number of carbonyl (C=O) groups excluding carboxylic acids is 1. The minimum absolute atomic E-state index is 0.0682. The van der Waals surface area contributed by atoms with Crippen LogP contribution < -0.4 is 0 Å². The molecule has 2 rings (SSSR count). The van der Waals surface area contributed by atoms with Crippen LogP contribution in [0.25, 0.3) is 11.0 Å². The summed E-state index contributed by atoms with van der Waals surface area (Å²) >= 11 is 0.